The fraction of sp³-hybridized carbons (Fsp3) is 0.538. The summed E-state index contributed by atoms with van der Waals surface area (Å²) in [6, 6.07) is 5.14. The second-order valence-electron chi connectivity index (χ2n) is 4.76. The molecule has 3 heteroatoms. The zero-order valence-electron chi connectivity index (χ0n) is 9.93. The van der Waals surface area contributed by atoms with Crippen molar-refractivity contribution < 1.29 is 9.50 Å². The van der Waals surface area contributed by atoms with Crippen LogP contribution < -0.4 is 0 Å². The topological polar surface area (TPSA) is 20.2 Å². The predicted octanol–water partition coefficient (Wildman–Crippen LogP) is 3.72. The highest BCUT2D eigenvalue weighted by molar-refractivity contribution is 6.31. The van der Waals surface area contributed by atoms with E-state index in [1.807, 2.05) is 6.07 Å². The molecule has 1 aromatic carbocycles. The van der Waals surface area contributed by atoms with Crippen molar-refractivity contribution in [3.05, 3.63) is 34.3 Å². The molecule has 0 bridgehead atoms. The molecule has 0 fully saturated rings. The molecule has 0 spiro atoms. The van der Waals surface area contributed by atoms with Crippen molar-refractivity contribution in [2.75, 3.05) is 6.61 Å². The lowest BCUT2D eigenvalue weighted by Gasteiger charge is -2.19. The molecule has 1 unspecified atom stereocenters. The largest absolute Gasteiger partial charge is 0.393 e. The minimum atomic E-state index is -1.72. The summed E-state index contributed by atoms with van der Waals surface area (Å²) in [5.74, 6) is 0.512. The normalized spacial score (nSPS) is 15.2. The third-order valence-electron chi connectivity index (χ3n) is 2.58. The van der Waals surface area contributed by atoms with Crippen LogP contribution >= 0.6 is 11.6 Å². The molecule has 0 aliphatic carbocycles. The van der Waals surface area contributed by atoms with Gasteiger partial charge in [-0.25, -0.2) is 4.39 Å². The molecule has 0 aromatic heterocycles. The van der Waals surface area contributed by atoms with Gasteiger partial charge in [0, 0.05) is 5.02 Å². The summed E-state index contributed by atoms with van der Waals surface area (Å²) in [6.07, 6.45) is 0.876. The van der Waals surface area contributed by atoms with Crippen LogP contribution in [0, 0.1) is 5.92 Å². The predicted molar refractivity (Wildman–Crippen MR) is 65.5 cm³/mol. The number of alkyl halides is 1. The van der Waals surface area contributed by atoms with Crippen molar-refractivity contribution in [3.8, 4) is 0 Å². The van der Waals surface area contributed by atoms with Crippen molar-refractivity contribution in [1.82, 2.24) is 0 Å². The van der Waals surface area contributed by atoms with Crippen LogP contribution in [0.3, 0.4) is 0 Å². The minimum absolute atomic E-state index is 0.424. The molecule has 0 aliphatic rings. The molecule has 90 valence electrons. The molecule has 0 heterocycles. The Labute approximate surface area is 101 Å². The Morgan fingerprint density at radius 2 is 2.06 bits per heavy atom. The van der Waals surface area contributed by atoms with E-state index in [4.69, 9.17) is 16.7 Å². The average molecular weight is 245 g/mol. The van der Waals surface area contributed by atoms with E-state index in [1.165, 1.54) is 6.92 Å². The summed E-state index contributed by atoms with van der Waals surface area (Å²) >= 11 is 6.09. The first-order valence-corrected chi connectivity index (χ1v) is 5.83. The fourth-order valence-corrected chi connectivity index (χ4v) is 1.83. The number of aliphatic hydroxyl groups excluding tert-OH is 1. The summed E-state index contributed by atoms with van der Waals surface area (Å²) in [5.41, 5.74) is -0.276. The van der Waals surface area contributed by atoms with Crippen molar-refractivity contribution in [3.63, 3.8) is 0 Å². The van der Waals surface area contributed by atoms with E-state index in [0.29, 0.717) is 16.5 Å². The summed E-state index contributed by atoms with van der Waals surface area (Å²) in [6.45, 7) is 5.03. The number of halogens is 2. The number of benzene rings is 1. The van der Waals surface area contributed by atoms with E-state index in [0.717, 1.165) is 12.0 Å². The van der Waals surface area contributed by atoms with E-state index < -0.39 is 12.3 Å². The van der Waals surface area contributed by atoms with Gasteiger partial charge in [0.05, 0.1) is 6.61 Å². The van der Waals surface area contributed by atoms with E-state index in [9.17, 15) is 4.39 Å². The monoisotopic (exact) mass is 244 g/mol. The Kier molecular flexibility index (Phi) is 4.34. The highest BCUT2D eigenvalue weighted by Gasteiger charge is 2.25. The molecule has 0 saturated heterocycles. The Morgan fingerprint density at radius 3 is 2.50 bits per heavy atom. The summed E-state index contributed by atoms with van der Waals surface area (Å²) < 4.78 is 13.8. The molecular formula is C13H18ClFO. The first-order valence-electron chi connectivity index (χ1n) is 5.45. The second-order valence-corrected chi connectivity index (χ2v) is 5.17. The molecule has 1 nitrogen and oxygen atoms in total. The van der Waals surface area contributed by atoms with Gasteiger partial charge in [0.15, 0.2) is 5.67 Å². The fourth-order valence-electron chi connectivity index (χ4n) is 1.57. The van der Waals surface area contributed by atoms with Crippen LogP contribution in [-0.4, -0.2) is 11.7 Å². The first-order chi connectivity index (χ1) is 7.36. The van der Waals surface area contributed by atoms with Crippen molar-refractivity contribution in [1.29, 1.82) is 0 Å². The quantitative estimate of drug-likeness (QED) is 0.856. The summed E-state index contributed by atoms with van der Waals surface area (Å²) in [4.78, 5) is 0. The zero-order valence-corrected chi connectivity index (χ0v) is 10.7. The second kappa shape index (κ2) is 5.15. The third-order valence-corrected chi connectivity index (χ3v) is 2.93. The van der Waals surface area contributed by atoms with Crippen molar-refractivity contribution in [2.45, 2.75) is 32.9 Å². The molecule has 1 aromatic rings. The molecule has 1 rings (SSSR count). The van der Waals surface area contributed by atoms with Crippen LogP contribution in [0.5, 0.6) is 0 Å². The third kappa shape index (κ3) is 3.19. The van der Waals surface area contributed by atoms with E-state index in [-0.39, 0.29) is 0 Å². The maximum atomic E-state index is 13.8. The lowest BCUT2D eigenvalue weighted by atomic mass is 9.95. The Bertz CT molecular complexity index is 361. The lowest BCUT2D eigenvalue weighted by Crippen LogP contribution is -2.20. The SMILES string of the molecule is CC(C)Cc1ccc(C(C)(F)CO)cc1Cl. The van der Waals surface area contributed by atoms with Crippen LogP contribution in [0.1, 0.15) is 31.9 Å². The van der Waals surface area contributed by atoms with Crippen molar-refractivity contribution >= 4 is 11.6 Å². The first kappa shape index (κ1) is 13.5. The van der Waals surface area contributed by atoms with Crippen LogP contribution in [0.25, 0.3) is 0 Å². The Morgan fingerprint density at radius 1 is 1.44 bits per heavy atom. The zero-order chi connectivity index (χ0) is 12.3. The number of aliphatic hydroxyl groups is 1. The van der Waals surface area contributed by atoms with Crippen LogP contribution in [0.15, 0.2) is 18.2 Å². The van der Waals surface area contributed by atoms with Gasteiger partial charge in [-0.3, -0.25) is 0 Å². The Hall–Kier alpha value is -0.600. The molecule has 1 N–H and O–H groups in total. The number of hydrogen-bond acceptors (Lipinski definition) is 1. The molecule has 0 saturated carbocycles. The summed E-state index contributed by atoms with van der Waals surface area (Å²) in [7, 11) is 0. The van der Waals surface area contributed by atoms with Crippen LogP contribution in [-0.2, 0) is 12.1 Å². The molecule has 1 atom stereocenters. The van der Waals surface area contributed by atoms with Gasteiger partial charge in [0.1, 0.15) is 0 Å². The smallest absolute Gasteiger partial charge is 0.156 e. The molecule has 0 amide bonds. The minimum Gasteiger partial charge on any atom is -0.393 e. The van der Waals surface area contributed by atoms with Crippen LogP contribution in [0.4, 0.5) is 4.39 Å². The maximum absolute atomic E-state index is 13.8. The van der Waals surface area contributed by atoms with Gasteiger partial charge in [0.25, 0.3) is 0 Å². The van der Waals surface area contributed by atoms with Gasteiger partial charge in [-0.1, -0.05) is 37.6 Å². The van der Waals surface area contributed by atoms with Gasteiger partial charge in [-0.2, -0.15) is 0 Å². The summed E-state index contributed by atoms with van der Waals surface area (Å²) in [5, 5.41) is 9.51. The van der Waals surface area contributed by atoms with E-state index >= 15 is 0 Å². The Balaban J connectivity index is 2.99. The standard InChI is InChI=1S/C13H18ClFO/c1-9(2)6-10-4-5-11(7-12(10)14)13(3,15)8-16/h4-5,7,9,16H,6,8H2,1-3H3. The van der Waals surface area contributed by atoms with Gasteiger partial charge in [-0.05, 0) is 36.5 Å². The van der Waals surface area contributed by atoms with E-state index in [1.54, 1.807) is 12.1 Å². The van der Waals surface area contributed by atoms with Gasteiger partial charge in [0.2, 0.25) is 0 Å². The molecule has 0 aliphatic heterocycles. The number of hydrogen-bond donors (Lipinski definition) is 1. The average Bonchev–Trinajstić information content (AvgIpc) is 2.20. The van der Waals surface area contributed by atoms with Gasteiger partial charge >= 0.3 is 0 Å². The van der Waals surface area contributed by atoms with Crippen LogP contribution in [0.2, 0.25) is 5.02 Å². The van der Waals surface area contributed by atoms with E-state index in [2.05, 4.69) is 13.8 Å². The molecule has 0 radical (unpaired) electrons. The molecular weight excluding hydrogens is 227 g/mol. The highest BCUT2D eigenvalue weighted by atomic mass is 35.5. The lowest BCUT2D eigenvalue weighted by molar-refractivity contribution is 0.0868. The van der Waals surface area contributed by atoms with Crippen molar-refractivity contribution in [2.24, 2.45) is 5.92 Å². The number of rotatable bonds is 4. The highest BCUT2D eigenvalue weighted by Crippen LogP contribution is 2.29. The van der Waals surface area contributed by atoms with Gasteiger partial charge in [-0.15, -0.1) is 0 Å². The molecule has 16 heavy (non-hydrogen) atoms. The maximum Gasteiger partial charge on any atom is 0.156 e. The van der Waals surface area contributed by atoms with Gasteiger partial charge < -0.3 is 5.11 Å².